The van der Waals surface area contributed by atoms with Gasteiger partial charge >= 0.3 is 5.97 Å². The Morgan fingerprint density at radius 3 is 2.53 bits per heavy atom. The minimum absolute atomic E-state index is 0.317. The Balaban J connectivity index is 3.46. The second-order valence-corrected chi connectivity index (χ2v) is 4.73. The number of aromatic nitrogens is 1. The van der Waals surface area contributed by atoms with E-state index in [1.807, 2.05) is 0 Å². The maximum atomic E-state index is 11.6. The molecule has 5 heteroatoms. The first-order valence-corrected chi connectivity index (χ1v) is 5.19. The molecule has 1 rings (SSSR count). The number of nitrogens with zero attached hydrogens (tertiary/aromatic N) is 1. The molecule has 1 aromatic heterocycles. The Kier molecular flexibility index (Phi) is 3.04. The predicted molar refractivity (Wildman–Crippen MR) is 60.1 cm³/mol. The number of carboxylic acids is 1. The van der Waals surface area contributed by atoms with Gasteiger partial charge in [-0.25, -0.2) is 4.79 Å². The maximum Gasteiger partial charge on any atom is 0.329 e. The maximum absolute atomic E-state index is 11.6. The monoisotopic (exact) mass is 273 g/mol. The second kappa shape index (κ2) is 3.81. The zero-order valence-electron chi connectivity index (χ0n) is 8.74. The summed E-state index contributed by atoms with van der Waals surface area (Å²) in [5.41, 5.74) is -0.770. The number of hydrogen-bond donors (Lipinski definition) is 1. The lowest BCUT2D eigenvalue weighted by atomic mass is 10.1. The van der Waals surface area contributed by atoms with Gasteiger partial charge in [0.1, 0.15) is 5.54 Å². The van der Waals surface area contributed by atoms with Crippen molar-refractivity contribution < 1.29 is 9.90 Å². The third-order valence-corrected chi connectivity index (χ3v) is 3.15. The van der Waals surface area contributed by atoms with Crippen LogP contribution in [0.1, 0.15) is 19.4 Å². The van der Waals surface area contributed by atoms with Gasteiger partial charge in [-0.1, -0.05) is 0 Å². The van der Waals surface area contributed by atoms with Gasteiger partial charge in [-0.2, -0.15) is 0 Å². The molecule has 0 amide bonds. The van der Waals surface area contributed by atoms with Gasteiger partial charge < -0.3 is 5.11 Å². The molecule has 0 aliphatic carbocycles. The van der Waals surface area contributed by atoms with E-state index in [9.17, 15) is 9.59 Å². The zero-order chi connectivity index (χ0) is 11.8. The fourth-order valence-corrected chi connectivity index (χ4v) is 1.46. The first kappa shape index (κ1) is 12.0. The van der Waals surface area contributed by atoms with Gasteiger partial charge in [0.15, 0.2) is 0 Å². The number of halogens is 1. The van der Waals surface area contributed by atoms with Gasteiger partial charge in [0.2, 0.25) is 0 Å². The summed E-state index contributed by atoms with van der Waals surface area (Å²) in [6, 6.07) is 1.41. The molecule has 15 heavy (non-hydrogen) atoms. The van der Waals surface area contributed by atoms with Crippen molar-refractivity contribution in [3.8, 4) is 0 Å². The average Bonchev–Trinajstić information content (AvgIpc) is 2.10. The summed E-state index contributed by atoms with van der Waals surface area (Å²) < 4.78 is 1.92. The quantitative estimate of drug-likeness (QED) is 0.893. The second-order valence-electron chi connectivity index (χ2n) is 3.88. The van der Waals surface area contributed by atoms with Crippen molar-refractivity contribution in [2.75, 3.05) is 0 Å². The van der Waals surface area contributed by atoms with E-state index in [2.05, 4.69) is 15.9 Å². The van der Waals surface area contributed by atoms with Crippen LogP contribution in [0.3, 0.4) is 0 Å². The van der Waals surface area contributed by atoms with Crippen LogP contribution in [0.2, 0.25) is 0 Å². The van der Waals surface area contributed by atoms with Crippen LogP contribution < -0.4 is 5.56 Å². The highest BCUT2D eigenvalue weighted by Gasteiger charge is 2.30. The molecule has 0 atom stereocenters. The number of pyridine rings is 1. The van der Waals surface area contributed by atoms with E-state index in [0.717, 1.165) is 10.0 Å². The molecule has 0 radical (unpaired) electrons. The molecule has 1 N–H and O–H groups in total. The van der Waals surface area contributed by atoms with Crippen LogP contribution in [-0.2, 0) is 10.3 Å². The van der Waals surface area contributed by atoms with Crippen LogP contribution in [0.15, 0.2) is 21.5 Å². The molecule has 4 nitrogen and oxygen atoms in total. The molecular weight excluding hydrogens is 262 g/mol. The van der Waals surface area contributed by atoms with E-state index < -0.39 is 11.5 Å². The summed E-state index contributed by atoms with van der Waals surface area (Å²) in [4.78, 5) is 22.6. The van der Waals surface area contributed by atoms with Gasteiger partial charge in [-0.3, -0.25) is 9.36 Å². The number of hydrogen-bond acceptors (Lipinski definition) is 2. The molecule has 0 saturated carbocycles. The molecule has 0 aliphatic heterocycles. The lowest BCUT2D eigenvalue weighted by Crippen LogP contribution is -2.42. The van der Waals surface area contributed by atoms with Crippen molar-refractivity contribution in [1.29, 1.82) is 0 Å². The third-order valence-electron chi connectivity index (χ3n) is 2.32. The number of carboxylic acid groups (broad SMARTS) is 1. The lowest BCUT2D eigenvalue weighted by Gasteiger charge is -2.23. The molecular formula is C10H12BrNO3. The van der Waals surface area contributed by atoms with Crippen molar-refractivity contribution in [2.24, 2.45) is 0 Å². The van der Waals surface area contributed by atoms with E-state index in [-0.39, 0.29) is 5.56 Å². The number of carbonyl (C=O) groups is 1. The van der Waals surface area contributed by atoms with Gasteiger partial charge in [0, 0.05) is 16.7 Å². The molecule has 0 saturated heterocycles. The van der Waals surface area contributed by atoms with Gasteiger partial charge in [0.05, 0.1) is 0 Å². The van der Waals surface area contributed by atoms with Crippen molar-refractivity contribution >= 4 is 21.9 Å². The van der Waals surface area contributed by atoms with Gasteiger partial charge in [-0.05, 0) is 42.3 Å². The standard InChI is InChI=1S/C10H12BrNO3/c1-6-4-8(13)12(5-7(6)11)10(2,3)9(14)15/h4-5H,1-3H3,(H,14,15). The fraction of sp³-hybridized carbons (Fsp3) is 0.400. The summed E-state index contributed by atoms with van der Waals surface area (Å²) >= 11 is 3.27. The first-order valence-electron chi connectivity index (χ1n) is 4.39. The van der Waals surface area contributed by atoms with E-state index in [1.165, 1.54) is 30.7 Å². The minimum atomic E-state index is -1.24. The van der Waals surface area contributed by atoms with E-state index in [0.29, 0.717) is 0 Å². The summed E-state index contributed by atoms with van der Waals surface area (Å²) in [5.74, 6) is -1.04. The topological polar surface area (TPSA) is 59.3 Å². The smallest absolute Gasteiger partial charge is 0.329 e. The molecule has 1 heterocycles. The Hall–Kier alpha value is -1.10. The average molecular weight is 274 g/mol. The Bertz CT molecular complexity index is 462. The van der Waals surface area contributed by atoms with Crippen LogP contribution in [0.25, 0.3) is 0 Å². The lowest BCUT2D eigenvalue weighted by molar-refractivity contribution is -0.145. The highest BCUT2D eigenvalue weighted by molar-refractivity contribution is 9.10. The molecule has 0 aromatic carbocycles. The molecule has 1 aromatic rings. The SMILES string of the molecule is Cc1cc(=O)n(C(C)(C)C(=O)O)cc1Br. The van der Waals surface area contributed by atoms with Crippen LogP contribution in [0.4, 0.5) is 0 Å². The summed E-state index contributed by atoms with van der Waals surface area (Å²) in [5, 5.41) is 9.00. The van der Waals surface area contributed by atoms with Crippen molar-refractivity contribution in [2.45, 2.75) is 26.3 Å². The van der Waals surface area contributed by atoms with E-state index in [4.69, 9.17) is 5.11 Å². The normalized spacial score (nSPS) is 11.5. The number of rotatable bonds is 2. The molecule has 0 spiro atoms. The Morgan fingerprint density at radius 1 is 1.53 bits per heavy atom. The highest BCUT2D eigenvalue weighted by Crippen LogP contribution is 2.18. The number of aliphatic carboxylic acids is 1. The zero-order valence-corrected chi connectivity index (χ0v) is 10.3. The Labute approximate surface area is 95.7 Å². The van der Waals surface area contributed by atoms with Crippen LogP contribution >= 0.6 is 15.9 Å². The third kappa shape index (κ3) is 2.12. The van der Waals surface area contributed by atoms with Crippen molar-refractivity contribution in [3.05, 3.63) is 32.7 Å². The number of aryl methyl sites for hydroxylation is 1. The summed E-state index contributed by atoms with van der Waals surface area (Å²) in [6.45, 7) is 4.75. The van der Waals surface area contributed by atoms with E-state index in [1.54, 1.807) is 6.92 Å². The first-order chi connectivity index (χ1) is 6.76. The summed E-state index contributed by atoms with van der Waals surface area (Å²) in [6.07, 6.45) is 1.51. The molecule has 0 aliphatic rings. The van der Waals surface area contributed by atoms with Crippen LogP contribution in [-0.4, -0.2) is 15.6 Å². The van der Waals surface area contributed by atoms with Gasteiger partial charge in [0.25, 0.3) is 5.56 Å². The van der Waals surface area contributed by atoms with E-state index >= 15 is 0 Å². The molecule has 0 fully saturated rings. The molecule has 0 bridgehead atoms. The largest absolute Gasteiger partial charge is 0.480 e. The predicted octanol–water partition coefficient (Wildman–Crippen LogP) is 1.74. The highest BCUT2D eigenvalue weighted by atomic mass is 79.9. The Morgan fingerprint density at radius 2 is 2.07 bits per heavy atom. The minimum Gasteiger partial charge on any atom is -0.480 e. The molecule has 82 valence electrons. The van der Waals surface area contributed by atoms with Crippen molar-refractivity contribution in [3.63, 3.8) is 0 Å². The molecule has 0 unspecified atom stereocenters. The summed E-state index contributed by atoms with van der Waals surface area (Å²) in [7, 11) is 0. The fourth-order valence-electron chi connectivity index (χ4n) is 1.14. The van der Waals surface area contributed by atoms with Crippen molar-refractivity contribution in [1.82, 2.24) is 4.57 Å². The van der Waals surface area contributed by atoms with Crippen LogP contribution in [0, 0.1) is 6.92 Å². The van der Waals surface area contributed by atoms with Gasteiger partial charge in [-0.15, -0.1) is 0 Å². The van der Waals surface area contributed by atoms with Crippen LogP contribution in [0.5, 0.6) is 0 Å².